The molecule has 0 bridgehead atoms. The van der Waals surface area contributed by atoms with Crippen LogP contribution in [0.15, 0.2) is 0 Å². The number of piperidine rings is 1. The fraction of sp³-hybridized carbons (Fsp3) is 0.905. The molecule has 1 amide bonds. The molecule has 4 aliphatic rings. The highest BCUT2D eigenvalue weighted by molar-refractivity contribution is 5.77. The summed E-state index contributed by atoms with van der Waals surface area (Å²) in [4.78, 5) is 24.3. The van der Waals surface area contributed by atoms with Crippen LogP contribution in [0.3, 0.4) is 0 Å². The van der Waals surface area contributed by atoms with E-state index in [0.29, 0.717) is 36.1 Å². The van der Waals surface area contributed by atoms with E-state index in [2.05, 4.69) is 26.1 Å². The first-order chi connectivity index (χ1) is 11.8. The molecule has 1 heterocycles. The summed E-state index contributed by atoms with van der Waals surface area (Å²) in [6.07, 6.45) is 7.27. The summed E-state index contributed by atoms with van der Waals surface area (Å²) in [5.41, 5.74) is 0.333. The lowest BCUT2D eigenvalue weighted by molar-refractivity contribution is -0.159. The van der Waals surface area contributed by atoms with Gasteiger partial charge >= 0.3 is 5.97 Å². The van der Waals surface area contributed by atoms with Gasteiger partial charge in [0.05, 0.1) is 13.0 Å². The van der Waals surface area contributed by atoms with Crippen molar-refractivity contribution in [2.75, 3.05) is 7.11 Å². The van der Waals surface area contributed by atoms with Crippen LogP contribution in [0, 0.1) is 40.4 Å². The molecular weight excluding hydrogens is 314 g/mol. The molecule has 4 fully saturated rings. The average Bonchev–Trinajstić information content (AvgIpc) is 2.93. The van der Waals surface area contributed by atoms with Gasteiger partial charge in [-0.15, -0.1) is 0 Å². The smallest absolute Gasteiger partial charge is 0.309 e. The quantitative estimate of drug-likeness (QED) is 0.738. The fourth-order valence-corrected chi connectivity index (χ4v) is 7.58. The summed E-state index contributed by atoms with van der Waals surface area (Å²) in [6, 6.07) is 0.340. The summed E-state index contributed by atoms with van der Waals surface area (Å²) in [5.74, 6) is 2.91. The monoisotopic (exact) mass is 347 g/mol. The van der Waals surface area contributed by atoms with Crippen LogP contribution in [0.5, 0.6) is 0 Å². The van der Waals surface area contributed by atoms with E-state index >= 15 is 0 Å². The lowest BCUT2D eigenvalue weighted by Gasteiger charge is -2.62. The number of ether oxygens (including phenoxy) is 1. The summed E-state index contributed by atoms with van der Waals surface area (Å²) < 4.78 is 5.14. The average molecular weight is 347 g/mol. The summed E-state index contributed by atoms with van der Waals surface area (Å²) in [7, 11) is 1.53. The van der Waals surface area contributed by atoms with E-state index in [1.54, 1.807) is 0 Å². The Labute approximate surface area is 151 Å². The maximum Gasteiger partial charge on any atom is 0.309 e. The highest BCUT2D eigenvalue weighted by atomic mass is 16.5. The lowest BCUT2D eigenvalue weighted by atomic mass is 9.45. The van der Waals surface area contributed by atoms with Gasteiger partial charge in [0, 0.05) is 12.5 Å². The van der Waals surface area contributed by atoms with E-state index in [9.17, 15) is 9.59 Å². The van der Waals surface area contributed by atoms with Crippen LogP contribution in [0.1, 0.15) is 65.7 Å². The molecule has 1 saturated heterocycles. The molecular formula is C21H33NO3. The molecule has 8 atom stereocenters. The number of methoxy groups -OCH3 is 1. The van der Waals surface area contributed by atoms with Gasteiger partial charge in [0.25, 0.3) is 0 Å². The van der Waals surface area contributed by atoms with Crippen LogP contribution in [-0.4, -0.2) is 25.0 Å². The van der Waals surface area contributed by atoms with Gasteiger partial charge in [-0.05, 0) is 73.0 Å². The predicted molar refractivity (Wildman–Crippen MR) is 95.6 cm³/mol. The van der Waals surface area contributed by atoms with Gasteiger partial charge < -0.3 is 10.1 Å². The number of esters is 1. The van der Waals surface area contributed by atoms with Crippen LogP contribution >= 0.6 is 0 Å². The minimum atomic E-state index is 0.000862. The normalized spacial score (nSPS) is 51.8. The molecule has 25 heavy (non-hydrogen) atoms. The standard InChI is InChI=1S/C21H33NO3/c1-12-11-16-21(3,10-8-17(23)22-16)14-7-9-20(2)13(18(12)14)5-6-15(20)19(24)25-4/h12-16,18H,5-11H2,1-4H3,(H,22,23)/t12-,13-,14-,15+,16+,18-,20-,21+/m0/s1. The van der Waals surface area contributed by atoms with E-state index in [4.69, 9.17) is 4.74 Å². The SMILES string of the molecule is COC(=O)[C@H]1CC[C@H]2[C@@H]3[C@@H](C)C[C@H]4NC(=O)CC[C@]4(C)[C@H]3CC[C@]12C. The van der Waals surface area contributed by atoms with Gasteiger partial charge in [0.1, 0.15) is 0 Å². The largest absolute Gasteiger partial charge is 0.469 e. The zero-order valence-corrected chi connectivity index (χ0v) is 16.1. The van der Waals surface area contributed by atoms with Gasteiger partial charge in [0.15, 0.2) is 0 Å². The van der Waals surface area contributed by atoms with Crippen LogP contribution < -0.4 is 5.32 Å². The third-order valence-corrected chi connectivity index (χ3v) is 8.95. The van der Waals surface area contributed by atoms with Crippen molar-refractivity contribution in [2.24, 2.45) is 40.4 Å². The van der Waals surface area contributed by atoms with E-state index in [-0.39, 0.29) is 28.6 Å². The summed E-state index contributed by atoms with van der Waals surface area (Å²) in [6.45, 7) is 7.16. The number of amides is 1. The minimum Gasteiger partial charge on any atom is -0.469 e. The Bertz CT molecular complexity index is 590. The van der Waals surface area contributed by atoms with E-state index in [0.717, 1.165) is 32.1 Å². The van der Waals surface area contributed by atoms with Crippen LogP contribution in [0.25, 0.3) is 0 Å². The molecule has 0 aromatic rings. The summed E-state index contributed by atoms with van der Waals surface area (Å²) in [5, 5.41) is 3.31. The van der Waals surface area contributed by atoms with E-state index in [1.165, 1.54) is 13.5 Å². The Morgan fingerprint density at radius 1 is 1.12 bits per heavy atom. The molecule has 4 heteroatoms. The second-order valence-electron chi connectivity index (χ2n) is 9.83. The van der Waals surface area contributed by atoms with Gasteiger partial charge in [0.2, 0.25) is 5.91 Å². The van der Waals surface area contributed by atoms with Gasteiger partial charge in [-0.1, -0.05) is 20.8 Å². The second-order valence-corrected chi connectivity index (χ2v) is 9.83. The highest BCUT2D eigenvalue weighted by Gasteiger charge is 2.63. The second kappa shape index (κ2) is 5.72. The maximum atomic E-state index is 12.4. The van der Waals surface area contributed by atoms with Crippen LogP contribution in [-0.2, 0) is 14.3 Å². The van der Waals surface area contributed by atoms with Crippen LogP contribution in [0.4, 0.5) is 0 Å². The third kappa shape index (κ3) is 2.31. The Hall–Kier alpha value is -1.06. The third-order valence-electron chi connectivity index (χ3n) is 8.95. The first-order valence-electron chi connectivity index (χ1n) is 10.2. The molecule has 4 rings (SSSR count). The molecule has 0 spiro atoms. The number of hydrogen-bond donors (Lipinski definition) is 1. The molecule has 0 aromatic heterocycles. The molecule has 1 N–H and O–H groups in total. The highest BCUT2D eigenvalue weighted by Crippen LogP contribution is 2.66. The lowest BCUT2D eigenvalue weighted by Crippen LogP contribution is -2.63. The van der Waals surface area contributed by atoms with Crippen molar-refractivity contribution in [1.82, 2.24) is 5.32 Å². The Balaban J connectivity index is 1.65. The molecule has 0 aromatic carbocycles. The maximum absolute atomic E-state index is 12.4. The predicted octanol–water partition coefficient (Wildman–Crippen LogP) is 3.54. The van der Waals surface area contributed by atoms with Crippen molar-refractivity contribution < 1.29 is 14.3 Å². The minimum absolute atomic E-state index is 0.000862. The van der Waals surface area contributed by atoms with Crippen molar-refractivity contribution >= 4 is 11.9 Å². The molecule has 0 unspecified atom stereocenters. The number of carbonyl (C=O) groups is 2. The summed E-state index contributed by atoms with van der Waals surface area (Å²) >= 11 is 0. The van der Waals surface area contributed by atoms with Crippen molar-refractivity contribution in [3.05, 3.63) is 0 Å². The first-order valence-corrected chi connectivity index (χ1v) is 10.2. The molecule has 3 saturated carbocycles. The van der Waals surface area contributed by atoms with Gasteiger partial charge in [-0.25, -0.2) is 0 Å². The van der Waals surface area contributed by atoms with Crippen molar-refractivity contribution in [1.29, 1.82) is 0 Å². The molecule has 4 nitrogen and oxygen atoms in total. The Morgan fingerprint density at radius 2 is 1.84 bits per heavy atom. The van der Waals surface area contributed by atoms with Crippen LogP contribution in [0.2, 0.25) is 0 Å². The van der Waals surface area contributed by atoms with Gasteiger partial charge in [-0.2, -0.15) is 0 Å². The van der Waals surface area contributed by atoms with Gasteiger partial charge in [-0.3, -0.25) is 9.59 Å². The van der Waals surface area contributed by atoms with Crippen molar-refractivity contribution in [3.8, 4) is 0 Å². The van der Waals surface area contributed by atoms with E-state index in [1.807, 2.05) is 0 Å². The number of rotatable bonds is 1. The zero-order chi connectivity index (χ0) is 18.0. The molecule has 0 radical (unpaired) electrons. The Morgan fingerprint density at radius 3 is 2.56 bits per heavy atom. The fourth-order valence-electron chi connectivity index (χ4n) is 7.58. The van der Waals surface area contributed by atoms with Crippen molar-refractivity contribution in [2.45, 2.75) is 71.8 Å². The van der Waals surface area contributed by atoms with Crippen molar-refractivity contribution in [3.63, 3.8) is 0 Å². The molecule has 3 aliphatic carbocycles. The Kier molecular flexibility index (Phi) is 3.97. The molecule has 140 valence electrons. The number of hydrogen-bond acceptors (Lipinski definition) is 3. The first kappa shape index (κ1) is 17.4. The number of fused-ring (bicyclic) bond motifs is 5. The zero-order valence-electron chi connectivity index (χ0n) is 16.1. The number of carbonyl (C=O) groups excluding carboxylic acids is 2. The topological polar surface area (TPSA) is 55.4 Å². The molecule has 1 aliphatic heterocycles. The van der Waals surface area contributed by atoms with E-state index < -0.39 is 0 Å². The number of nitrogens with one attached hydrogen (secondary N) is 1.